The van der Waals surface area contributed by atoms with Crippen LogP contribution < -0.4 is 10.1 Å². The maximum atomic E-state index is 6.38. The zero-order valence-electron chi connectivity index (χ0n) is 16.2. The fraction of sp³-hybridized carbons (Fsp3) is 0.571. The molecule has 2 aliphatic heterocycles. The van der Waals surface area contributed by atoms with Crippen molar-refractivity contribution < 1.29 is 9.47 Å². The number of piperidine rings is 1. The third kappa shape index (κ3) is 3.86. The molecule has 0 spiro atoms. The normalized spacial score (nSPS) is 18.9. The fourth-order valence-corrected chi connectivity index (χ4v) is 4.43. The number of anilines is 1. The Labute approximate surface area is 166 Å². The van der Waals surface area contributed by atoms with Gasteiger partial charge in [-0.2, -0.15) is 0 Å². The molecule has 27 heavy (non-hydrogen) atoms. The number of methoxy groups -OCH3 is 1. The van der Waals surface area contributed by atoms with Gasteiger partial charge < -0.3 is 19.7 Å². The average Bonchev–Trinajstić information content (AvgIpc) is 2.93. The number of nitrogens with zero attached hydrogens (tertiary/aromatic N) is 2. The van der Waals surface area contributed by atoms with Gasteiger partial charge in [0.1, 0.15) is 5.75 Å². The quantitative estimate of drug-likeness (QED) is 0.859. The van der Waals surface area contributed by atoms with Gasteiger partial charge in [0.05, 0.1) is 30.9 Å². The molecule has 1 N–H and O–H groups in total. The molecule has 0 bridgehead atoms. The molecule has 0 atom stereocenters. The molecule has 146 valence electrons. The Hall–Kier alpha value is -1.56. The molecule has 6 heteroatoms. The molecular formula is C21H28ClN3O2. The average molecular weight is 390 g/mol. The number of hydrogen-bond donors (Lipinski definition) is 1. The summed E-state index contributed by atoms with van der Waals surface area (Å²) in [4.78, 5) is 7.44. The molecule has 1 aromatic heterocycles. The first-order valence-electron chi connectivity index (χ1n) is 9.95. The zero-order valence-corrected chi connectivity index (χ0v) is 16.9. The number of aromatic nitrogens is 1. The molecule has 0 unspecified atom stereocenters. The minimum atomic E-state index is 0.480. The lowest BCUT2D eigenvalue weighted by atomic mass is 9.99. The third-order valence-corrected chi connectivity index (χ3v) is 6.10. The summed E-state index contributed by atoms with van der Waals surface area (Å²) in [5.74, 6) is 0.694. The Bertz CT molecular complexity index is 819. The summed E-state index contributed by atoms with van der Waals surface area (Å²) in [6.07, 6.45) is 4.05. The predicted octanol–water partition coefficient (Wildman–Crippen LogP) is 3.91. The van der Waals surface area contributed by atoms with Gasteiger partial charge in [-0.1, -0.05) is 18.5 Å². The molecule has 0 amide bonds. The van der Waals surface area contributed by atoms with Crippen molar-refractivity contribution in [3.8, 4) is 5.75 Å². The summed E-state index contributed by atoms with van der Waals surface area (Å²) in [5, 5.41) is 5.57. The molecule has 0 aliphatic carbocycles. The number of likely N-dealkylation sites (tertiary alicyclic amines) is 1. The van der Waals surface area contributed by atoms with Gasteiger partial charge in [-0.3, -0.25) is 4.98 Å². The lowest BCUT2D eigenvalue weighted by Crippen LogP contribution is -2.39. The van der Waals surface area contributed by atoms with Crippen LogP contribution in [-0.4, -0.2) is 55.9 Å². The maximum Gasteiger partial charge on any atom is 0.138 e. The van der Waals surface area contributed by atoms with Crippen molar-refractivity contribution in [2.24, 2.45) is 0 Å². The standard InChI is InChI=1S/C21H28ClN3O2/c1-3-25-8-4-14(5-9-25)23-21-15-6-10-27-11-7-18(15)24-19-13-17(22)20(26-2)12-16(19)21/h12-14H,3-11H2,1-2H3,(H,23,24). The van der Waals surface area contributed by atoms with E-state index in [2.05, 4.69) is 17.1 Å². The minimum absolute atomic E-state index is 0.480. The van der Waals surface area contributed by atoms with Crippen LogP contribution in [0.15, 0.2) is 12.1 Å². The van der Waals surface area contributed by atoms with Gasteiger partial charge in [0.15, 0.2) is 0 Å². The second-order valence-corrected chi connectivity index (χ2v) is 7.79. The second kappa shape index (κ2) is 8.21. The van der Waals surface area contributed by atoms with E-state index in [-0.39, 0.29) is 0 Å². The van der Waals surface area contributed by atoms with E-state index >= 15 is 0 Å². The lowest BCUT2D eigenvalue weighted by Gasteiger charge is -2.33. The van der Waals surface area contributed by atoms with Crippen LogP contribution in [-0.2, 0) is 17.6 Å². The lowest BCUT2D eigenvalue weighted by molar-refractivity contribution is 0.146. The van der Waals surface area contributed by atoms with Crippen LogP contribution in [0.3, 0.4) is 0 Å². The number of hydrogen-bond acceptors (Lipinski definition) is 5. The molecule has 5 nitrogen and oxygen atoms in total. The SMILES string of the molecule is CCN1CCC(Nc2c3c(nc4cc(Cl)c(OC)cc24)CCOCC3)CC1. The van der Waals surface area contributed by atoms with E-state index < -0.39 is 0 Å². The summed E-state index contributed by atoms with van der Waals surface area (Å²) in [5.41, 5.74) is 4.55. The van der Waals surface area contributed by atoms with Gasteiger partial charge in [-0.25, -0.2) is 0 Å². The minimum Gasteiger partial charge on any atom is -0.495 e. The van der Waals surface area contributed by atoms with Crippen LogP contribution in [0.4, 0.5) is 5.69 Å². The second-order valence-electron chi connectivity index (χ2n) is 7.38. The van der Waals surface area contributed by atoms with E-state index in [1.54, 1.807) is 7.11 Å². The molecule has 2 aromatic rings. The number of ether oxygens (including phenoxy) is 2. The smallest absolute Gasteiger partial charge is 0.138 e. The van der Waals surface area contributed by atoms with E-state index in [9.17, 15) is 0 Å². The van der Waals surface area contributed by atoms with Gasteiger partial charge >= 0.3 is 0 Å². The Kier molecular flexibility index (Phi) is 5.71. The van der Waals surface area contributed by atoms with Crippen molar-refractivity contribution in [3.05, 3.63) is 28.4 Å². The van der Waals surface area contributed by atoms with Crippen LogP contribution in [0.1, 0.15) is 31.0 Å². The van der Waals surface area contributed by atoms with E-state index in [1.807, 2.05) is 12.1 Å². The molecular weight excluding hydrogens is 362 g/mol. The first-order chi connectivity index (χ1) is 13.2. The summed E-state index contributed by atoms with van der Waals surface area (Å²) in [6, 6.07) is 4.43. The number of nitrogens with one attached hydrogen (secondary N) is 1. The van der Waals surface area contributed by atoms with Gasteiger partial charge in [-0.05, 0) is 43.5 Å². The van der Waals surface area contributed by atoms with Gasteiger partial charge in [0.2, 0.25) is 0 Å². The van der Waals surface area contributed by atoms with Crippen molar-refractivity contribution >= 4 is 28.2 Å². The van der Waals surface area contributed by atoms with E-state index in [0.29, 0.717) is 16.8 Å². The number of halogens is 1. The largest absolute Gasteiger partial charge is 0.495 e. The van der Waals surface area contributed by atoms with Crippen molar-refractivity contribution in [2.75, 3.05) is 45.3 Å². The van der Waals surface area contributed by atoms with Gasteiger partial charge in [0, 0.05) is 42.3 Å². The third-order valence-electron chi connectivity index (χ3n) is 5.81. The van der Waals surface area contributed by atoms with Crippen LogP contribution in [0.5, 0.6) is 5.75 Å². The Morgan fingerprint density at radius 1 is 1.26 bits per heavy atom. The number of fused-ring (bicyclic) bond motifs is 2. The van der Waals surface area contributed by atoms with E-state index in [4.69, 9.17) is 26.1 Å². The summed E-state index contributed by atoms with van der Waals surface area (Å²) in [6.45, 7) is 7.14. The maximum absolute atomic E-state index is 6.38. The molecule has 1 fully saturated rings. The van der Waals surface area contributed by atoms with Crippen molar-refractivity contribution in [2.45, 2.75) is 38.6 Å². The number of rotatable bonds is 4. The van der Waals surface area contributed by atoms with Crippen molar-refractivity contribution in [1.82, 2.24) is 9.88 Å². The molecule has 1 saturated heterocycles. The van der Waals surface area contributed by atoms with Crippen molar-refractivity contribution in [3.63, 3.8) is 0 Å². The Morgan fingerprint density at radius 2 is 2.04 bits per heavy atom. The van der Waals surface area contributed by atoms with Crippen LogP contribution in [0, 0.1) is 0 Å². The highest BCUT2D eigenvalue weighted by Crippen LogP contribution is 2.37. The monoisotopic (exact) mass is 389 g/mol. The fourth-order valence-electron chi connectivity index (χ4n) is 4.20. The van der Waals surface area contributed by atoms with Crippen molar-refractivity contribution in [1.29, 1.82) is 0 Å². The predicted molar refractivity (Wildman–Crippen MR) is 110 cm³/mol. The first-order valence-corrected chi connectivity index (χ1v) is 10.3. The van der Waals surface area contributed by atoms with E-state index in [0.717, 1.165) is 75.1 Å². The number of benzene rings is 1. The van der Waals surface area contributed by atoms with Crippen LogP contribution in [0.25, 0.3) is 10.9 Å². The molecule has 0 saturated carbocycles. The molecule has 0 radical (unpaired) electrons. The van der Waals surface area contributed by atoms with E-state index in [1.165, 1.54) is 11.3 Å². The summed E-state index contributed by atoms with van der Waals surface area (Å²) < 4.78 is 11.2. The topological polar surface area (TPSA) is 46.6 Å². The highest BCUT2D eigenvalue weighted by molar-refractivity contribution is 6.33. The molecule has 1 aromatic carbocycles. The van der Waals surface area contributed by atoms with Gasteiger partial charge in [0.25, 0.3) is 0 Å². The van der Waals surface area contributed by atoms with Gasteiger partial charge in [-0.15, -0.1) is 0 Å². The van der Waals surface area contributed by atoms with Crippen LogP contribution >= 0.6 is 11.6 Å². The number of pyridine rings is 1. The van der Waals surface area contributed by atoms with Crippen LogP contribution in [0.2, 0.25) is 5.02 Å². The molecule has 2 aliphatic rings. The highest BCUT2D eigenvalue weighted by atomic mass is 35.5. The summed E-state index contributed by atoms with van der Waals surface area (Å²) in [7, 11) is 1.66. The zero-order chi connectivity index (χ0) is 18.8. The Morgan fingerprint density at radius 3 is 2.78 bits per heavy atom. The summed E-state index contributed by atoms with van der Waals surface area (Å²) >= 11 is 6.38. The highest BCUT2D eigenvalue weighted by Gasteiger charge is 2.23. The molecule has 4 rings (SSSR count). The first kappa shape index (κ1) is 18.8. The molecule has 3 heterocycles. The Balaban J connectivity index is 1.76.